The Balaban J connectivity index is 1.61. The predicted molar refractivity (Wildman–Crippen MR) is 149 cm³/mol. The van der Waals surface area contributed by atoms with Gasteiger partial charge in [-0.25, -0.2) is 8.78 Å². The Hall–Kier alpha value is -4.72. The quantitative estimate of drug-likeness (QED) is 0.269. The molecule has 4 aromatic rings. The van der Waals surface area contributed by atoms with Crippen molar-refractivity contribution in [2.24, 2.45) is 0 Å². The number of hydrogen-bond donors (Lipinski definition) is 0. The van der Waals surface area contributed by atoms with Crippen LogP contribution in [-0.4, -0.2) is 32.1 Å². The Labute approximate surface area is 231 Å². The zero-order chi connectivity index (χ0) is 28.4. The number of benzene rings is 4. The molecule has 2 amide bonds. The molecule has 0 fully saturated rings. The lowest BCUT2D eigenvalue weighted by atomic mass is 9.89. The van der Waals surface area contributed by atoms with Crippen LogP contribution >= 0.6 is 0 Å². The molecule has 40 heavy (non-hydrogen) atoms. The van der Waals surface area contributed by atoms with Crippen molar-refractivity contribution in [2.45, 2.75) is 25.4 Å². The van der Waals surface area contributed by atoms with Gasteiger partial charge in [0.05, 0.1) is 20.3 Å². The van der Waals surface area contributed by atoms with Crippen LogP contribution < -0.4 is 19.3 Å². The molecule has 1 heterocycles. The van der Waals surface area contributed by atoms with Crippen molar-refractivity contribution in [3.05, 3.63) is 119 Å². The molecule has 6 nitrogen and oxygen atoms in total. The van der Waals surface area contributed by atoms with Gasteiger partial charge in [-0.1, -0.05) is 0 Å². The van der Waals surface area contributed by atoms with Crippen molar-refractivity contribution in [1.29, 1.82) is 0 Å². The molecule has 204 valence electrons. The van der Waals surface area contributed by atoms with Crippen molar-refractivity contribution in [2.75, 3.05) is 24.0 Å². The molecule has 0 aliphatic carbocycles. The lowest BCUT2D eigenvalue weighted by Gasteiger charge is -2.43. The second kappa shape index (κ2) is 11.2. The summed E-state index contributed by atoms with van der Waals surface area (Å²) < 4.78 is 39.1. The van der Waals surface area contributed by atoms with Crippen LogP contribution in [0.1, 0.15) is 45.7 Å². The summed E-state index contributed by atoms with van der Waals surface area (Å²) in [5.41, 5.74) is 2.26. The number of methoxy groups -OCH3 is 2. The van der Waals surface area contributed by atoms with Gasteiger partial charge in [0.2, 0.25) is 0 Å². The summed E-state index contributed by atoms with van der Waals surface area (Å²) in [4.78, 5) is 30.9. The van der Waals surface area contributed by atoms with Crippen molar-refractivity contribution in [1.82, 2.24) is 0 Å². The average molecular weight is 543 g/mol. The normalized spacial score (nSPS) is 16.2. The minimum atomic E-state index is -0.638. The number of anilines is 2. The second-order valence-electron chi connectivity index (χ2n) is 9.59. The maximum absolute atomic E-state index is 14.7. The molecular formula is C32H28F2N2O4. The first-order chi connectivity index (χ1) is 19.3. The first-order valence-electron chi connectivity index (χ1n) is 12.8. The minimum absolute atomic E-state index is 0.253. The zero-order valence-corrected chi connectivity index (χ0v) is 22.3. The van der Waals surface area contributed by atoms with E-state index < -0.39 is 17.7 Å². The van der Waals surface area contributed by atoms with Gasteiger partial charge in [-0.2, -0.15) is 0 Å². The highest BCUT2D eigenvalue weighted by atomic mass is 19.1. The Morgan fingerprint density at radius 1 is 0.775 bits per heavy atom. The molecule has 0 saturated carbocycles. The third-order valence-electron chi connectivity index (χ3n) is 7.14. The Morgan fingerprint density at radius 2 is 1.32 bits per heavy atom. The molecule has 0 N–H and O–H groups in total. The van der Waals surface area contributed by atoms with Gasteiger partial charge in [-0.15, -0.1) is 0 Å². The van der Waals surface area contributed by atoms with Crippen molar-refractivity contribution >= 4 is 23.2 Å². The summed E-state index contributed by atoms with van der Waals surface area (Å²) >= 11 is 0. The number of carbonyl (C=O) groups excluding carboxylic acids is 2. The van der Waals surface area contributed by atoms with Gasteiger partial charge in [0.1, 0.15) is 23.1 Å². The van der Waals surface area contributed by atoms with Crippen LogP contribution in [0.2, 0.25) is 0 Å². The molecule has 1 aliphatic heterocycles. The van der Waals surface area contributed by atoms with Crippen molar-refractivity contribution in [3.8, 4) is 11.5 Å². The summed E-state index contributed by atoms with van der Waals surface area (Å²) in [7, 11) is 3.09. The van der Waals surface area contributed by atoms with Gasteiger partial charge in [0.25, 0.3) is 11.8 Å². The number of halogens is 2. The minimum Gasteiger partial charge on any atom is -0.497 e. The van der Waals surface area contributed by atoms with E-state index in [4.69, 9.17) is 9.47 Å². The smallest absolute Gasteiger partial charge is 0.258 e. The largest absolute Gasteiger partial charge is 0.497 e. The summed E-state index contributed by atoms with van der Waals surface area (Å²) in [6.07, 6.45) is 0.317. The summed E-state index contributed by atoms with van der Waals surface area (Å²) in [6, 6.07) is 22.3. The maximum Gasteiger partial charge on any atom is 0.258 e. The number of rotatable bonds is 6. The highest BCUT2D eigenvalue weighted by molar-refractivity contribution is 6.09. The van der Waals surface area contributed by atoms with E-state index in [1.807, 2.05) is 6.92 Å². The summed E-state index contributed by atoms with van der Waals surface area (Å²) in [5, 5.41) is 0. The van der Waals surface area contributed by atoms with Gasteiger partial charge in [-0.05, 0) is 104 Å². The topological polar surface area (TPSA) is 59.1 Å². The number of carbonyl (C=O) groups is 2. The van der Waals surface area contributed by atoms with Crippen LogP contribution in [0.3, 0.4) is 0 Å². The van der Waals surface area contributed by atoms with Crippen molar-refractivity contribution in [3.63, 3.8) is 0 Å². The van der Waals surface area contributed by atoms with E-state index in [1.54, 1.807) is 71.5 Å². The Morgan fingerprint density at radius 3 is 1.90 bits per heavy atom. The molecule has 0 aromatic heterocycles. The summed E-state index contributed by atoms with van der Waals surface area (Å²) in [5.74, 6) is -0.326. The van der Waals surface area contributed by atoms with E-state index in [2.05, 4.69) is 0 Å². The molecule has 0 unspecified atom stereocenters. The number of nitrogens with zero attached hydrogens (tertiary/aromatic N) is 2. The highest BCUT2D eigenvalue weighted by Crippen LogP contribution is 2.44. The fraction of sp³-hybridized carbons (Fsp3) is 0.188. The van der Waals surface area contributed by atoms with Crippen LogP contribution in [0.5, 0.6) is 11.5 Å². The SMILES string of the molecule is COc1ccc(C(=O)N2c3ccc(F)cc3[C@H](N(C(=O)c3ccc(OC)cc3)c3ccc(F)cc3)C[C@H]2C)cc1. The molecular weight excluding hydrogens is 514 g/mol. The van der Waals surface area contributed by atoms with E-state index in [0.29, 0.717) is 46.0 Å². The zero-order valence-electron chi connectivity index (χ0n) is 22.3. The van der Waals surface area contributed by atoms with Crippen LogP contribution in [0.25, 0.3) is 0 Å². The van der Waals surface area contributed by atoms with Crippen LogP contribution in [0.4, 0.5) is 20.2 Å². The molecule has 5 rings (SSSR count). The van der Waals surface area contributed by atoms with Crippen LogP contribution in [-0.2, 0) is 0 Å². The van der Waals surface area contributed by atoms with E-state index in [0.717, 1.165) is 0 Å². The molecule has 8 heteroatoms. The molecule has 0 radical (unpaired) electrons. The standard InChI is InChI=1S/C32H28F2N2O4/c1-20-18-30(36(25-11-8-23(33)9-12-25)32(38)22-6-15-27(40-3)16-7-22)28-19-24(34)10-17-29(28)35(20)31(37)21-4-13-26(39-2)14-5-21/h4-17,19-20,30H,18H2,1-3H3/t20-,30-/m1/s1. The van der Waals surface area contributed by atoms with Gasteiger partial charge in [0, 0.05) is 34.1 Å². The van der Waals surface area contributed by atoms with Gasteiger partial charge >= 0.3 is 0 Å². The molecule has 1 aliphatic rings. The Bertz CT molecular complexity index is 1520. The number of amides is 2. The monoisotopic (exact) mass is 542 g/mol. The predicted octanol–water partition coefficient (Wildman–Crippen LogP) is 6.81. The second-order valence-corrected chi connectivity index (χ2v) is 9.59. The van der Waals surface area contributed by atoms with E-state index >= 15 is 0 Å². The first kappa shape index (κ1) is 26.9. The lowest BCUT2D eigenvalue weighted by molar-refractivity contribution is 0.0965. The van der Waals surface area contributed by atoms with E-state index in [9.17, 15) is 18.4 Å². The molecule has 2 atom stereocenters. The third-order valence-corrected chi connectivity index (χ3v) is 7.14. The number of fused-ring (bicyclic) bond motifs is 1. The van der Waals surface area contributed by atoms with Crippen LogP contribution in [0, 0.1) is 11.6 Å². The van der Waals surface area contributed by atoms with Gasteiger partial charge < -0.3 is 19.3 Å². The van der Waals surface area contributed by atoms with E-state index in [-0.39, 0.29) is 17.9 Å². The molecule has 4 aromatic carbocycles. The maximum atomic E-state index is 14.7. The highest BCUT2D eigenvalue weighted by Gasteiger charge is 2.39. The summed E-state index contributed by atoms with van der Waals surface area (Å²) in [6.45, 7) is 1.89. The first-order valence-corrected chi connectivity index (χ1v) is 12.8. The fourth-order valence-corrected chi connectivity index (χ4v) is 5.14. The molecule has 0 saturated heterocycles. The average Bonchev–Trinajstić information content (AvgIpc) is 2.98. The lowest BCUT2D eigenvalue weighted by Crippen LogP contribution is -2.48. The van der Waals surface area contributed by atoms with Gasteiger partial charge in [0.15, 0.2) is 0 Å². The Kier molecular flexibility index (Phi) is 7.51. The van der Waals surface area contributed by atoms with Crippen molar-refractivity contribution < 1.29 is 27.8 Å². The number of ether oxygens (including phenoxy) is 2. The van der Waals surface area contributed by atoms with E-state index in [1.165, 1.54) is 43.5 Å². The number of hydrogen-bond acceptors (Lipinski definition) is 4. The molecule has 0 bridgehead atoms. The fourth-order valence-electron chi connectivity index (χ4n) is 5.14. The molecule has 0 spiro atoms. The third kappa shape index (κ3) is 5.12. The van der Waals surface area contributed by atoms with Gasteiger partial charge in [-0.3, -0.25) is 9.59 Å². The van der Waals surface area contributed by atoms with Crippen LogP contribution in [0.15, 0.2) is 91.0 Å².